The highest BCUT2D eigenvalue weighted by molar-refractivity contribution is 5.56. The van der Waals surface area contributed by atoms with Gasteiger partial charge in [-0.25, -0.2) is 0 Å². The molecule has 176 valence electrons. The molecule has 0 N–H and O–H groups in total. The van der Waals surface area contributed by atoms with Gasteiger partial charge in [-0.3, -0.25) is 4.90 Å². The average Bonchev–Trinajstić information content (AvgIpc) is 3.34. The zero-order chi connectivity index (χ0) is 23.1. The molecule has 3 aliphatic heterocycles. The van der Waals surface area contributed by atoms with E-state index in [1.807, 2.05) is 0 Å². The van der Waals surface area contributed by atoms with Gasteiger partial charge in [0.25, 0.3) is 0 Å². The second kappa shape index (κ2) is 8.88. The van der Waals surface area contributed by atoms with Gasteiger partial charge in [0.05, 0.1) is 14.2 Å². The molecule has 2 atom stereocenters. The van der Waals surface area contributed by atoms with Crippen LogP contribution in [0.25, 0.3) is 0 Å². The summed E-state index contributed by atoms with van der Waals surface area (Å²) in [7, 11) is 3.47. The maximum atomic E-state index is 5.88. The number of ether oxygens (including phenoxy) is 4. The van der Waals surface area contributed by atoms with Crippen molar-refractivity contribution in [1.29, 1.82) is 0 Å². The van der Waals surface area contributed by atoms with Gasteiger partial charge < -0.3 is 18.9 Å². The number of rotatable bonds is 6. The lowest BCUT2D eigenvalue weighted by Gasteiger charge is -2.46. The van der Waals surface area contributed by atoms with Gasteiger partial charge in [-0.2, -0.15) is 0 Å². The Bertz CT molecular complexity index is 1190. The maximum absolute atomic E-state index is 5.88. The molecule has 5 heteroatoms. The molecule has 3 aromatic carbocycles. The molecule has 5 nitrogen and oxygen atoms in total. The Morgan fingerprint density at radius 2 is 1.76 bits per heavy atom. The fourth-order valence-electron chi connectivity index (χ4n) is 6.11. The lowest BCUT2D eigenvalue weighted by Crippen LogP contribution is -2.42. The summed E-state index contributed by atoms with van der Waals surface area (Å²) in [5, 5.41) is 0. The molecule has 3 heterocycles. The summed E-state index contributed by atoms with van der Waals surface area (Å²) in [6.07, 6.45) is 4.33. The van der Waals surface area contributed by atoms with Crippen LogP contribution in [0.15, 0.2) is 54.6 Å². The minimum absolute atomic E-state index is 0.312. The quantitative estimate of drug-likeness (QED) is 0.478. The van der Waals surface area contributed by atoms with Crippen LogP contribution >= 0.6 is 0 Å². The molecule has 0 fully saturated rings. The van der Waals surface area contributed by atoms with Crippen molar-refractivity contribution in [2.24, 2.45) is 0 Å². The number of benzene rings is 3. The van der Waals surface area contributed by atoms with E-state index in [1.54, 1.807) is 14.2 Å². The predicted molar refractivity (Wildman–Crippen MR) is 131 cm³/mol. The molecule has 0 radical (unpaired) electrons. The van der Waals surface area contributed by atoms with Gasteiger partial charge >= 0.3 is 0 Å². The van der Waals surface area contributed by atoms with E-state index in [1.165, 1.54) is 27.8 Å². The molecular weight excluding hydrogens is 426 g/mol. The molecule has 0 bridgehead atoms. The highest BCUT2D eigenvalue weighted by Crippen LogP contribution is 2.53. The molecular formula is C29H31NO4. The van der Waals surface area contributed by atoms with Gasteiger partial charge in [-0.05, 0) is 66.1 Å². The molecule has 0 aromatic heterocycles. The molecule has 3 aliphatic rings. The summed E-state index contributed by atoms with van der Waals surface area (Å²) >= 11 is 0. The lowest BCUT2D eigenvalue weighted by atomic mass is 9.74. The Balaban J connectivity index is 1.40. The number of nitrogens with zero attached hydrogens (tertiary/aromatic N) is 1. The van der Waals surface area contributed by atoms with E-state index in [0.717, 1.165) is 61.8 Å². The summed E-state index contributed by atoms with van der Waals surface area (Å²) in [5.41, 5.74) is 6.84. The zero-order valence-corrected chi connectivity index (χ0v) is 19.9. The van der Waals surface area contributed by atoms with Gasteiger partial charge in [0, 0.05) is 30.6 Å². The van der Waals surface area contributed by atoms with Gasteiger partial charge in [0.2, 0.25) is 6.79 Å². The van der Waals surface area contributed by atoms with Crippen molar-refractivity contribution in [2.45, 2.75) is 44.2 Å². The van der Waals surface area contributed by atoms with Crippen molar-refractivity contribution in [3.05, 3.63) is 82.4 Å². The highest BCUT2D eigenvalue weighted by atomic mass is 16.7. The topological polar surface area (TPSA) is 40.2 Å². The van der Waals surface area contributed by atoms with Crippen molar-refractivity contribution < 1.29 is 18.9 Å². The summed E-state index contributed by atoms with van der Waals surface area (Å²) < 4.78 is 23.0. The van der Waals surface area contributed by atoms with Crippen LogP contribution in [0.4, 0.5) is 0 Å². The van der Waals surface area contributed by atoms with Crippen LogP contribution < -0.4 is 18.9 Å². The third kappa shape index (κ3) is 3.59. The fraction of sp³-hybridized carbons (Fsp3) is 0.379. The molecule has 6 rings (SSSR count). The summed E-state index contributed by atoms with van der Waals surface area (Å²) in [5.74, 6) is 3.82. The first-order chi connectivity index (χ1) is 16.8. The number of hydrogen-bond donors (Lipinski definition) is 0. The van der Waals surface area contributed by atoms with Crippen LogP contribution in [0, 0.1) is 0 Å². The molecule has 34 heavy (non-hydrogen) atoms. The van der Waals surface area contributed by atoms with E-state index in [4.69, 9.17) is 18.9 Å². The fourth-order valence-corrected chi connectivity index (χ4v) is 6.11. The predicted octanol–water partition coefficient (Wildman–Crippen LogP) is 5.65. The SMILES string of the molecule is COc1ccc2c(c1OC)CN1CCc3cc4c(cc3C1C2CCCc1ccccc1)OCO4. The molecule has 0 spiro atoms. The monoisotopic (exact) mass is 457 g/mol. The first kappa shape index (κ1) is 21.4. The van der Waals surface area contributed by atoms with Gasteiger partial charge in [-0.1, -0.05) is 36.4 Å². The third-order valence-electron chi connectivity index (χ3n) is 7.66. The van der Waals surface area contributed by atoms with E-state index in [2.05, 4.69) is 59.5 Å². The normalized spacial score (nSPS) is 20.3. The van der Waals surface area contributed by atoms with E-state index < -0.39 is 0 Å². The van der Waals surface area contributed by atoms with Crippen LogP contribution in [0.1, 0.15) is 52.6 Å². The second-order valence-corrected chi connectivity index (χ2v) is 9.42. The first-order valence-corrected chi connectivity index (χ1v) is 12.2. The van der Waals surface area contributed by atoms with Crippen molar-refractivity contribution in [3.63, 3.8) is 0 Å². The molecule has 0 saturated carbocycles. The highest BCUT2D eigenvalue weighted by Gasteiger charge is 2.41. The van der Waals surface area contributed by atoms with Crippen molar-refractivity contribution in [3.8, 4) is 23.0 Å². The van der Waals surface area contributed by atoms with E-state index in [0.29, 0.717) is 18.8 Å². The second-order valence-electron chi connectivity index (χ2n) is 9.42. The average molecular weight is 458 g/mol. The van der Waals surface area contributed by atoms with Crippen LogP contribution in [0.5, 0.6) is 23.0 Å². The third-order valence-corrected chi connectivity index (χ3v) is 7.66. The Morgan fingerprint density at radius 1 is 0.941 bits per heavy atom. The minimum Gasteiger partial charge on any atom is -0.493 e. The number of fused-ring (bicyclic) bond motifs is 5. The smallest absolute Gasteiger partial charge is 0.231 e. The van der Waals surface area contributed by atoms with E-state index in [9.17, 15) is 0 Å². The van der Waals surface area contributed by atoms with E-state index >= 15 is 0 Å². The molecule has 0 saturated heterocycles. The maximum Gasteiger partial charge on any atom is 0.231 e. The summed E-state index contributed by atoms with van der Waals surface area (Å²) in [6, 6.07) is 19.9. The van der Waals surface area contributed by atoms with Crippen molar-refractivity contribution >= 4 is 0 Å². The Morgan fingerprint density at radius 3 is 2.56 bits per heavy atom. The molecule has 3 aromatic rings. The van der Waals surface area contributed by atoms with Crippen molar-refractivity contribution in [1.82, 2.24) is 4.90 Å². The van der Waals surface area contributed by atoms with Crippen LogP contribution in [-0.4, -0.2) is 32.5 Å². The first-order valence-electron chi connectivity index (χ1n) is 12.2. The summed E-state index contributed by atoms with van der Waals surface area (Å²) in [4.78, 5) is 2.63. The van der Waals surface area contributed by atoms with Crippen molar-refractivity contribution in [2.75, 3.05) is 27.6 Å². The van der Waals surface area contributed by atoms with Gasteiger partial charge in [-0.15, -0.1) is 0 Å². The number of aryl methyl sites for hydroxylation is 1. The number of hydrogen-bond acceptors (Lipinski definition) is 5. The van der Waals surface area contributed by atoms with Gasteiger partial charge in [0.15, 0.2) is 23.0 Å². The zero-order valence-electron chi connectivity index (χ0n) is 19.9. The van der Waals surface area contributed by atoms with Crippen LogP contribution in [-0.2, 0) is 19.4 Å². The summed E-state index contributed by atoms with van der Waals surface area (Å²) in [6.45, 7) is 2.20. The Labute approximate surface area is 201 Å². The van der Waals surface area contributed by atoms with Crippen LogP contribution in [0.2, 0.25) is 0 Å². The standard InChI is InChI=1S/C29H31NO4/c1-31-25-12-11-21-22(10-6-9-19-7-4-3-5-8-19)28-23-16-27-26(33-18-34-27)15-20(23)13-14-30(28)17-24(21)29(25)32-2/h3-5,7-8,11-12,15-16,22,28H,6,9-10,13-14,17-18H2,1-2H3. The number of methoxy groups -OCH3 is 2. The van der Waals surface area contributed by atoms with Gasteiger partial charge in [0.1, 0.15) is 0 Å². The molecule has 0 aliphatic carbocycles. The largest absolute Gasteiger partial charge is 0.493 e. The lowest BCUT2D eigenvalue weighted by molar-refractivity contribution is 0.126. The molecule has 2 unspecified atom stereocenters. The Kier molecular flexibility index (Phi) is 5.58. The van der Waals surface area contributed by atoms with E-state index in [-0.39, 0.29) is 0 Å². The Hall–Kier alpha value is -3.18. The molecule has 0 amide bonds. The van der Waals surface area contributed by atoms with Crippen LogP contribution in [0.3, 0.4) is 0 Å². The minimum atomic E-state index is 0.312.